The lowest BCUT2D eigenvalue weighted by atomic mass is 10.2. The van der Waals surface area contributed by atoms with Crippen LogP contribution in [0.2, 0.25) is 0 Å². The van der Waals surface area contributed by atoms with Crippen LogP contribution in [0.3, 0.4) is 0 Å². The molecule has 6 heteroatoms. The first kappa shape index (κ1) is 13.6. The number of anilines is 2. The molecule has 2 aromatic heterocycles. The van der Waals surface area contributed by atoms with Gasteiger partial charge in [-0.05, 0) is 26.0 Å². The van der Waals surface area contributed by atoms with E-state index in [-0.39, 0.29) is 6.04 Å². The van der Waals surface area contributed by atoms with Crippen LogP contribution in [0.1, 0.15) is 16.7 Å². The number of methoxy groups -OCH3 is 1. The zero-order valence-corrected chi connectivity index (χ0v) is 12.1. The van der Waals surface area contributed by atoms with Crippen molar-refractivity contribution in [2.75, 3.05) is 18.2 Å². The largest absolute Gasteiger partial charge is 0.490 e. The zero-order valence-electron chi connectivity index (χ0n) is 11.3. The molecular weight excluding hydrogens is 260 g/mol. The Bertz CT molecular complexity index is 555. The van der Waals surface area contributed by atoms with Crippen LogP contribution in [0.4, 0.5) is 11.6 Å². The van der Waals surface area contributed by atoms with Crippen LogP contribution in [0, 0.1) is 6.92 Å². The lowest BCUT2D eigenvalue weighted by Gasteiger charge is -2.16. The third-order valence-corrected chi connectivity index (χ3v) is 3.74. The van der Waals surface area contributed by atoms with Gasteiger partial charge in [-0.2, -0.15) is 0 Å². The summed E-state index contributed by atoms with van der Waals surface area (Å²) in [4.78, 5) is 10.8. The second-order valence-corrected chi connectivity index (χ2v) is 5.78. The highest BCUT2D eigenvalue weighted by molar-refractivity contribution is 7.11. The molecule has 2 aromatic rings. The van der Waals surface area contributed by atoms with Crippen LogP contribution < -0.4 is 15.8 Å². The molecule has 2 heterocycles. The zero-order chi connectivity index (χ0) is 13.8. The molecule has 0 aliphatic rings. The maximum Gasteiger partial charge on any atom is 0.203 e. The molecular formula is C13H18N4OS. The first-order chi connectivity index (χ1) is 9.10. The number of nitrogens with two attached hydrogens (primary N) is 1. The van der Waals surface area contributed by atoms with E-state index < -0.39 is 0 Å². The van der Waals surface area contributed by atoms with Crippen LogP contribution in [0.25, 0.3) is 0 Å². The Morgan fingerprint density at radius 1 is 1.42 bits per heavy atom. The second kappa shape index (κ2) is 5.88. The molecule has 5 nitrogen and oxygen atoms in total. The van der Waals surface area contributed by atoms with Gasteiger partial charge in [0, 0.05) is 22.2 Å². The van der Waals surface area contributed by atoms with Gasteiger partial charge >= 0.3 is 0 Å². The van der Waals surface area contributed by atoms with Crippen molar-refractivity contribution in [3.05, 3.63) is 28.2 Å². The van der Waals surface area contributed by atoms with E-state index in [0.717, 1.165) is 6.42 Å². The normalized spacial score (nSPS) is 12.2. The number of ether oxygens (including phenoxy) is 1. The quantitative estimate of drug-likeness (QED) is 0.879. The van der Waals surface area contributed by atoms with Gasteiger partial charge in [0.2, 0.25) is 5.75 Å². The minimum absolute atomic E-state index is 0.237. The number of rotatable bonds is 5. The molecule has 1 unspecified atom stereocenters. The molecule has 2 rings (SSSR count). The summed E-state index contributed by atoms with van der Waals surface area (Å²) in [6.45, 7) is 4.22. The van der Waals surface area contributed by atoms with Crippen molar-refractivity contribution >= 4 is 23.0 Å². The van der Waals surface area contributed by atoms with Crippen LogP contribution in [0.5, 0.6) is 5.75 Å². The molecule has 0 spiro atoms. The van der Waals surface area contributed by atoms with Gasteiger partial charge in [-0.25, -0.2) is 9.97 Å². The molecule has 102 valence electrons. The van der Waals surface area contributed by atoms with Crippen LogP contribution >= 0.6 is 11.3 Å². The Morgan fingerprint density at radius 3 is 2.84 bits per heavy atom. The van der Waals surface area contributed by atoms with Crippen molar-refractivity contribution in [3.63, 3.8) is 0 Å². The van der Waals surface area contributed by atoms with Gasteiger partial charge in [0.15, 0.2) is 11.6 Å². The van der Waals surface area contributed by atoms with E-state index in [1.54, 1.807) is 7.11 Å². The Morgan fingerprint density at radius 2 is 2.21 bits per heavy atom. The number of aryl methyl sites for hydroxylation is 1. The fourth-order valence-corrected chi connectivity index (χ4v) is 2.89. The van der Waals surface area contributed by atoms with Gasteiger partial charge in [-0.1, -0.05) is 0 Å². The number of nitrogen functional groups attached to an aromatic ring is 1. The van der Waals surface area contributed by atoms with Crippen LogP contribution in [-0.2, 0) is 6.42 Å². The molecule has 0 radical (unpaired) electrons. The maximum absolute atomic E-state index is 5.75. The summed E-state index contributed by atoms with van der Waals surface area (Å²) in [7, 11) is 1.56. The van der Waals surface area contributed by atoms with Gasteiger partial charge < -0.3 is 15.8 Å². The van der Waals surface area contributed by atoms with E-state index in [1.165, 1.54) is 16.1 Å². The fourth-order valence-electron chi connectivity index (χ4n) is 1.87. The summed E-state index contributed by atoms with van der Waals surface area (Å²) in [6, 6.07) is 4.53. The first-order valence-electron chi connectivity index (χ1n) is 6.06. The van der Waals surface area contributed by atoms with Crippen molar-refractivity contribution in [1.82, 2.24) is 9.97 Å². The molecule has 19 heavy (non-hydrogen) atoms. The summed E-state index contributed by atoms with van der Waals surface area (Å²) < 4.78 is 5.22. The second-order valence-electron chi connectivity index (χ2n) is 4.40. The topological polar surface area (TPSA) is 73.1 Å². The van der Waals surface area contributed by atoms with E-state index in [9.17, 15) is 0 Å². The summed E-state index contributed by atoms with van der Waals surface area (Å²) in [5.41, 5.74) is 5.75. The highest BCUT2D eigenvalue weighted by atomic mass is 32.1. The molecule has 0 amide bonds. The number of thiophene rings is 1. The van der Waals surface area contributed by atoms with E-state index in [4.69, 9.17) is 10.5 Å². The molecule has 0 saturated carbocycles. The van der Waals surface area contributed by atoms with Gasteiger partial charge in [0.05, 0.1) is 7.11 Å². The Kier molecular flexibility index (Phi) is 4.21. The standard InChI is InChI=1S/C13H18N4OS/c1-8(6-10-5-4-9(2)19-10)17-13-11(18-3)12(14)15-7-16-13/h4-5,7-8H,6H2,1-3H3,(H3,14,15,16,17). The average Bonchev–Trinajstić information content (AvgIpc) is 2.75. The Balaban J connectivity index is 2.06. The highest BCUT2D eigenvalue weighted by Crippen LogP contribution is 2.27. The van der Waals surface area contributed by atoms with Crippen molar-refractivity contribution in [2.24, 2.45) is 0 Å². The smallest absolute Gasteiger partial charge is 0.203 e. The molecule has 0 saturated heterocycles. The first-order valence-corrected chi connectivity index (χ1v) is 6.88. The Labute approximate surface area is 116 Å². The number of hydrogen-bond acceptors (Lipinski definition) is 6. The van der Waals surface area contributed by atoms with Crippen molar-refractivity contribution in [1.29, 1.82) is 0 Å². The molecule has 3 N–H and O–H groups in total. The SMILES string of the molecule is COc1c(N)ncnc1NC(C)Cc1ccc(C)s1. The molecule has 0 fully saturated rings. The monoisotopic (exact) mass is 278 g/mol. The maximum atomic E-state index is 5.75. The third kappa shape index (κ3) is 3.35. The minimum atomic E-state index is 0.237. The van der Waals surface area contributed by atoms with Crippen molar-refractivity contribution in [3.8, 4) is 5.75 Å². The van der Waals surface area contributed by atoms with E-state index in [0.29, 0.717) is 17.4 Å². The summed E-state index contributed by atoms with van der Waals surface area (Å²) in [6.07, 6.45) is 2.37. The molecule has 1 atom stereocenters. The summed E-state index contributed by atoms with van der Waals surface area (Å²) >= 11 is 1.81. The number of aromatic nitrogens is 2. The van der Waals surface area contributed by atoms with Gasteiger partial charge in [-0.15, -0.1) is 11.3 Å². The van der Waals surface area contributed by atoms with E-state index >= 15 is 0 Å². The third-order valence-electron chi connectivity index (χ3n) is 2.72. The van der Waals surface area contributed by atoms with Crippen molar-refractivity contribution in [2.45, 2.75) is 26.3 Å². The molecule has 0 aliphatic heterocycles. The lowest BCUT2D eigenvalue weighted by Crippen LogP contribution is -2.19. The molecule has 0 aromatic carbocycles. The average molecular weight is 278 g/mol. The van der Waals surface area contributed by atoms with Gasteiger partial charge in [0.1, 0.15) is 6.33 Å². The Hall–Kier alpha value is -1.82. The van der Waals surface area contributed by atoms with Crippen molar-refractivity contribution < 1.29 is 4.74 Å². The molecule has 0 aliphatic carbocycles. The number of nitrogens with zero attached hydrogens (tertiary/aromatic N) is 2. The molecule has 0 bridgehead atoms. The highest BCUT2D eigenvalue weighted by Gasteiger charge is 2.12. The van der Waals surface area contributed by atoms with E-state index in [2.05, 4.69) is 41.3 Å². The lowest BCUT2D eigenvalue weighted by molar-refractivity contribution is 0.414. The predicted octanol–water partition coefficient (Wildman–Crippen LogP) is 2.48. The number of nitrogens with one attached hydrogen (secondary N) is 1. The van der Waals surface area contributed by atoms with Gasteiger partial charge in [-0.3, -0.25) is 0 Å². The van der Waals surface area contributed by atoms with Crippen LogP contribution in [0.15, 0.2) is 18.5 Å². The van der Waals surface area contributed by atoms with Crippen LogP contribution in [-0.4, -0.2) is 23.1 Å². The summed E-state index contributed by atoms with van der Waals surface area (Å²) in [5.74, 6) is 1.48. The fraction of sp³-hybridized carbons (Fsp3) is 0.385. The number of hydrogen-bond donors (Lipinski definition) is 2. The van der Waals surface area contributed by atoms with E-state index in [1.807, 2.05) is 11.3 Å². The van der Waals surface area contributed by atoms with Gasteiger partial charge in [0.25, 0.3) is 0 Å². The minimum Gasteiger partial charge on any atom is -0.490 e. The summed E-state index contributed by atoms with van der Waals surface area (Å²) in [5, 5.41) is 3.31. The predicted molar refractivity (Wildman–Crippen MR) is 78.8 cm³/mol.